The van der Waals surface area contributed by atoms with E-state index in [1.165, 1.54) is 35.4 Å². The Balaban J connectivity index is 0.000000221. The molecule has 16 nitrogen and oxygen atoms in total. The van der Waals surface area contributed by atoms with Gasteiger partial charge >= 0.3 is 14.1 Å². The number of ether oxygens (including phenoxy) is 4. The fourth-order valence-corrected chi connectivity index (χ4v) is 7.02. The molecule has 4 amide bonds. The first-order valence-electron chi connectivity index (χ1n) is 18.8. The summed E-state index contributed by atoms with van der Waals surface area (Å²) in [5, 5.41) is 29.8. The summed E-state index contributed by atoms with van der Waals surface area (Å²) in [6, 6.07) is 0.385. The molecule has 0 bridgehead atoms. The molecule has 0 radical (unpaired) electrons. The number of amides is 4. The number of hydrogen-bond donors (Lipinski definition) is 6. The minimum atomic E-state index is -1.30. The highest BCUT2D eigenvalue weighted by Gasteiger charge is 2.52. The summed E-state index contributed by atoms with van der Waals surface area (Å²) in [5.74, 6) is -7.64. The first-order valence-corrected chi connectivity index (χ1v) is 18.8. The van der Waals surface area contributed by atoms with Crippen molar-refractivity contribution in [3.8, 4) is 11.5 Å². The molecule has 2 aromatic rings. The number of anilines is 2. The molecule has 58 heavy (non-hydrogen) atoms. The highest BCUT2D eigenvalue weighted by Crippen LogP contribution is 2.42. The molecule has 0 saturated carbocycles. The van der Waals surface area contributed by atoms with Gasteiger partial charge < -0.3 is 59.9 Å². The van der Waals surface area contributed by atoms with Crippen LogP contribution in [0.15, 0.2) is 24.3 Å². The molecule has 316 valence electrons. The van der Waals surface area contributed by atoms with E-state index in [0.717, 1.165) is 12.1 Å². The number of carbonyl (C=O) groups excluding carboxylic acids is 4. The Morgan fingerprint density at radius 2 is 1.03 bits per heavy atom. The number of halogens is 4. The van der Waals surface area contributed by atoms with E-state index in [0.29, 0.717) is 0 Å². The van der Waals surface area contributed by atoms with Gasteiger partial charge in [-0.15, -0.1) is 0 Å². The number of likely N-dealkylation sites (N-methyl/N-ethyl adjacent to an activating group) is 2. The van der Waals surface area contributed by atoms with Gasteiger partial charge in [0, 0.05) is 25.7 Å². The average Bonchev–Trinajstić information content (AvgIpc) is 3.38. The van der Waals surface area contributed by atoms with Crippen LogP contribution in [0, 0.1) is 23.3 Å². The second-order valence-corrected chi connectivity index (χ2v) is 14.8. The van der Waals surface area contributed by atoms with Crippen molar-refractivity contribution < 1.29 is 65.7 Å². The first-order chi connectivity index (χ1) is 27.3. The van der Waals surface area contributed by atoms with Crippen molar-refractivity contribution >= 4 is 49.1 Å². The van der Waals surface area contributed by atoms with Gasteiger partial charge in [-0.2, -0.15) is 8.78 Å². The zero-order chi connectivity index (χ0) is 42.7. The van der Waals surface area contributed by atoms with Crippen molar-refractivity contribution in [1.29, 1.82) is 0 Å². The Hall–Kier alpha value is -4.47. The van der Waals surface area contributed by atoms with E-state index in [-0.39, 0.29) is 63.5 Å². The van der Waals surface area contributed by atoms with Gasteiger partial charge in [-0.25, -0.2) is 8.78 Å². The van der Waals surface area contributed by atoms with Crippen LogP contribution < -0.4 is 30.7 Å². The molecule has 2 aromatic carbocycles. The Morgan fingerprint density at radius 1 is 0.707 bits per heavy atom. The van der Waals surface area contributed by atoms with E-state index in [9.17, 15) is 46.8 Å². The van der Waals surface area contributed by atoms with Crippen LogP contribution in [0.5, 0.6) is 11.5 Å². The summed E-state index contributed by atoms with van der Waals surface area (Å²) < 4.78 is 79.0. The van der Waals surface area contributed by atoms with Gasteiger partial charge in [-0.3, -0.25) is 19.2 Å². The summed E-state index contributed by atoms with van der Waals surface area (Å²) in [4.78, 5) is 54.3. The summed E-state index contributed by atoms with van der Waals surface area (Å²) in [5.41, 5.74) is -2.63. The van der Waals surface area contributed by atoms with Crippen LogP contribution >= 0.6 is 0 Å². The van der Waals surface area contributed by atoms with Gasteiger partial charge in [-0.05, 0) is 65.9 Å². The summed E-state index contributed by atoms with van der Waals surface area (Å²) in [6.45, 7) is 7.11. The molecule has 4 atom stereocenters. The topological polar surface area (TPSA) is 200 Å². The van der Waals surface area contributed by atoms with Crippen LogP contribution in [0.4, 0.5) is 28.9 Å². The highest BCUT2D eigenvalue weighted by atomic mass is 19.2. The monoisotopic (exact) mass is 822 g/mol. The van der Waals surface area contributed by atoms with Crippen LogP contribution in [0.1, 0.15) is 39.5 Å². The Kier molecular flexibility index (Phi) is 14.0. The lowest BCUT2D eigenvalue weighted by molar-refractivity contribution is -0.137. The second kappa shape index (κ2) is 18.2. The maximum atomic E-state index is 14.4. The standard InChI is InChI=1S/2C18H24BF2N3O5/c2*1-10(24(3)19(2)27)16(25)23-15-17(26)22-12-5-4-11(20)13(21)14(12)29-18(15)6-8-28-9-7-18/h2*4-5,10,15,27H,6-9H2,1-3H3,(H,22,26)(H,23,25)/t10-,15+;10-,15-/m00/s1. The molecule has 4 aliphatic rings. The second-order valence-electron chi connectivity index (χ2n) is 14.8. The molecule has 22 heteroatoms. The molecule has 0 aromatic heterocycles. The maximum Gasteiger partial charge on any atom is 0.376 e. The van der Waals surface area contributed by atoms with Gasteiger partial charge in [-0.1, -0.05) is 0 Å². The fourth-order valence-electron chi connectivity index (χ4n) is 7.02. The minimum absolute atomic E-state index is 0.00865. The van der Waals surface area contributed by atoms with Gasteiger partial charge in [0.1, 0.15) is 23.3 Å². The number of benzene rings is 2. The number of nitrogens with zero attached hydrogens (tertiary/aromatic N) is 2. The van der Waals surface area contributed by atoms with E-state index in [4.69, 9.17) is 18.9 Å². The fraction of sp³-hybridized carbons (Fsp3) is 0.556. The van der Waals surface area contributed by atoms with E-state index in [1.807, 2.05) is 0 Å². The van der Waals surface area contributed by atoms with Crippen LogP contribution in [-0.2, 0) is 28.7 Å². The molecule has 2 spiro atoms. The van der Waals surface area contributed by atoms with Crippen molar-refractivity contribution in [3.63, 3.8) is 0 Å². The third-order valence-corrected chi connectivity index (χ3v) is 11.2. The Morgan fingerprint density at radius 3 is 1.34 bits per heavy atom. The van der Waals surface area contributed by atoms with Crippen molar-refractivity contribution in [3.05, 3.63) is 47.5 Å². The number of fused-ring (bicyclic) bond motifs is 2. The normalized spacial score (nSPS) is 21.6. The summed E-state index contributed by atoms with van der Waals surface area (Å²) in [7, 11) is 1.37. The molecule has 4 aliphatic heterocycles. The molecule has 0 unspecified atom stereocenters. The predicted octanol–water partition coefficient (Wildman–Crippen LogP) is 1.52. The number of hydrogen-bond acceptors (Lipinski definition) is 12. The van der Waals surface area contributed by atoms with E-state index in [2.05, 4.69) is 21.3 Å². The third-order valence-electron chi connectivity index (χ3n) is 11.2. The number of nitrogens with one attached hydrogen (secondary N) is 4. The minimum Gasteiger partial charge on any atom is -0.479 e. The van der Waals surface area contributed by atoms with Gasteiger partial charge in [0.2, 0.25) is 23.4 Å². The van der Waals surface area contributed by atoms with Gasteiger partial charge in [0.25, 0.3) is 11.8 Å². The van der Waals surface area contributed by atoms with Crippen molar-refractivity contribution in [2.24, 2.45) is 0 Å². The van der Waals surface area contributed by atoms with Gasteiger partial charge in [0.05, 0.1) is 49.9 Å². The maximum absolute atomic E-state index is 14.4. The zero-order valence-corrected chi connectivity index (χ0v) is 33.0. The third kappa shape index (κ3) is 9.21. The summed E-state index contributed by atoms with van der Waals surface area (Å²) >= 11 is 0. The molecule has 2 fully saturated rings. The average molecular weight is 822 g/mol. The molecule has 0 aliphatic carbocycles. The number of carbonyl (C=O) groups is 4. The van der Waals surface area contributed by atoms with Crippen LogP contribution in [-0.4, -0.2) is 133 Å². The lowest BCUT2D eigenvalue weighted by Crippen LogP contribution is -2.64. The van der Waals surface area contributed by atoms with Crippen molar-refractivity contribution in [1.82, 2.24) is 20.3 Å². The van der Waals surface area contributed by atoms with Crippen LogP contribution in [0.3, 0.4) is 0 Å². The number of rotatable bonds is 8. The SMILES string of the molecule is CB(O)N(C)[C@@H](C)C(=O)N[C@@H]1C(=O)Nc2ccc(F)c(F)c2OC12CCOCC2.CB(O)N(C)[C@@H](C)C(=O)N[C@H]1C(=O)Nc2ccc(F)c(F)c2OC12CCOCC2. The van der Waals surface area contributed by atoms with Crippen molar-refractivity contribution in [2.75, 3.05) is 51.2 Å². The quantitative estimate of drug-likeness (QED) is 0.166. The predicted molar refractivity (Wildman–Crippen MR) is 203 cm³/mol. The molecule has 4 heterocycles. The largest absolute Gasteiger partial charge is 0.479 e. The molecular weight excluding hydrogens is 774 g/mol. The Labute approximate surface area is 333 Å². The van der Waals surface area contributed by atoms with E-state index >= 15 is 0 Å². The molecule has 6 rings (SSSR count). The molecule has 6 N–H and O–H groups in total. The van der Waals surface area contributed by atoms with Gasteiger partial charge in [0.15, 0.2) is 23.1 Å². The summed E-state index contributed by atoms with van der Waals surface area (Å²) in [6.07, 6.45) is 0.783. The van der Waals surface area contributed by atoms with Crippen LogP contribution in [0.2, 0.25) is 13.6 Å². The lowest BCUT2D eigenvalue weighted by Gasteiger charge is -2.41. The zero-order valence-electron chi connectivity index (χ0n) is 33.0. The molecule has 2 saturated heterocycles. The highest BCUT2D eigenvalue weighted by molar-refractivity contribution is 6.46. The van der Waals surface area contributed by atoms with E-state index in [1.54, 1.807) is 27.9 Å². The van der Waals surface area contributed by atoms with E-state index < -0.39 is 108 Å². The smallest absolute Gasteiger partial charge is 0.376 e. The van der Waals surface area contributed by atoms with Crippen LogP contribution in [0.25, 0.3) is 0 Å². The van der Waals surface area contributed by atoms with Crippen molar-refractivity contribution in [2.45, 2.75) is 88.5 Å². The Bertz CT molecular complexity index is 1740. The molecular formula is C36H48B2F4N6O10. The lowest BCUT2D eigenvalue weighted by atomic mass is 9.83. The first kappa shape index (κ1) is 44.6.